The number of aromatic nitrogens is 2. The zero-order valence-corrected chi connectivity index (χ0v) is 16.0. The third-order valence-electron chi connectivity index (χ3n) is 4.49. The molecule has 1 unspecified atom stereocenters. The van der Waals surface area contributed by atoms with Crippen LogP contribution >= 0.6 is 11.3 Å². The standard InChI is InChI=1S/C18H25N5O2S/c1-3-16(14-5-4-6-19-11-14)22(2)17(24)20-12-15-13-26-18(21-15)23-7-9-25-10-8-23/h4-6,11,13,16H,3,7-10,12H2,1-2H3,(H,20,24). The summed E-state index contributed by atoms with van der Waals surface area (Å²) in [5.74, 6) is 0. The average molecular weight is 375 g/mol. The molecule has 2 aromatic heterocycles. The molecule has 3 rings (SSSR count). The highest BCUT2D eigenvalue weighted by Gasteiger charge is 2.20. The largest absolute Gasteiger partial charge is 0.378 e. The van der Waals surface area contributed by atoms with Crippen molar-refractivity contribution in [1.29, 1.82) is 0 Å². The Kier molecular flexibility index (Phi) is 6.40. The Bertz CT molecular complexity index is 703. The van der Waals surface area contributed by atoms with Crippen molar-refractivity contribution in [2.75, 3.05) is 38.3 Å². The topological polar surface area (TPSA) is 70.6 Å². The third kappa shape index (κ3) is 4.50. The van der Waals surface area contributed by atoms with Crippen molar-refractivity contribution < 1.29 is 9.53 Å². The Morgan fingerprint density at radius 1 is 1.46 bits per heavy atom. The van der Waals surface area contributed by atoms with Gasteiger partial charge in [-0.05, 0) is 18.1 Å². The summed E-state index contributed by atoms with van der Waals surface area (Å²) in [7, 11) is 1.82. The van der Waals surface area contributed by atoms with Gasteiger partial charge in [0.05, 0.1) is 31.5 Å². The molecule has 3 heterocycles. The van der Waals surface area contributed by atoms with Crippen molar-refractivity contribution in [3.8, 4) is 0 Å². The van der Waals surface area contributed by atoms with Gasteiger partial charge in [-0.1, -0.05) is 13.0 Å². The summed E-state index contributed by atoms with van der Waals surface area (Å²) in [5.41, 5.74) is 1.92. The number of amides is 2. The Balaban J connectivity index is 1.55. The van der Waals surface area contributed by atoms with Crippen LogP contribution in [0.15, 0.2) is 29.9 Å². The first-order valence-electron chi connectivity index (χ1n) is 8.86. The van der Waals surface area contributed by atoms with E-state index in [1.54, 1.807) is 22.4 Å². The fraction of sp³-hybridized carbons (Fsp3) is 0.500. The molecule has 0 bridgehead atoms. The maximum Gasteiger partial charge on any atom is 0.317 e. The summed E-state index contributed by atoms with van der Waals surface area (Å²) in [6, 6.07) is 3.79. The summed E-state index contributed by atoms with van der Waals surface area (Å²) in [4.78, 5) is 25.3. The van der Waals surface area contributed by atoms with E-state index in [9.17, 15) is 4.79 Å². The molecule has 1 saturated heterocycles. The lowest BCUT2D eigenvalue weighted by atomic mass is 10.1. The van der Waals surface area contributed by atoms with Crippen LogP contribution < -0.4 is 10.2 Å². The second-order valence-corrected chi connectivity index (χ2v) is 7.04. The highest BCUT2D eigenvalue weighted by atomic mass is 32.1. The van der Waals surface area contributed by atoms with E-state index in [4.69, 9.17) is 4.74 Å². The minimum atomic E-state index is -0.110. The lowest BCUT2D eigenvalue weighted by Crippen LogP contribution is -2.39. The van der Waals surface area contributed by atoms with Gasteiger partial charge >= 0.3 is 6.03 Å². The van der Waals surface area contributed by atoms with E-state index >= 15 is 0 Å². The summed E-state index contributed by atoms with van der Waals surface area (Å²) in [6.45, 7) is 5.70. The average Bonchev–Trinajstić information content (AvgIpc) is 3.17. The fourth-order valence-corrected chi connectivity index (χ4v) is 3.90. The summed E-state index contributed by atoms with van der Waals surface area (Å²) < 4.78 is 5.37. The number of carbonyl (C=O) groups is 1. The maximum absolute atomic E-state index is 12.5. The Labute approximate surface area is 158 Å². The number of hydrogen-bond acceptors (Lipinski definition) is 6. The molecule has 1 aliphatic heterocycles. The Morgan fingerprint density at radius 3 is 2.96 bits per heavy atom. The summed E-state index contributed by atoms with van der Waals surface area (Å²) in [5, 5.41) is 5.96. The van der Waals surface area contributed by atoms with Crippen LogP contribution in [-0.4, -0.2) is 54.2 Å². The molecule has 140 valence electrons. The second-order valence-electron chi connectivity index (χ2n) is 6.20. The number of nitrogens with zero attached hydrogens (tertiary/aromatic N) is 4. The first-order valence-corrected chi connectivity index (χ1v) is 9.74. The van der Waals surface area contributed by atoms with Crippen LogP contribution in [0.3, 0.4) is 0 Å². The zero-order valence-electron chi connectivity index (χ0n) is 15.2. The van der Waals surface area contributed by atoms with E-state index in [0.29, 0.717) is 6.54 Å². The molecule has 26 heavy (non-hydrogen) atoms. The van der Waals surface area contributed by atoms with Crippen molar-refractivity contribution >= 4 is 22.5 Å². The molecule has 0 spiro atoms. The van der Waals surface area contributed by atoms with Crippen molar-refractivity contribution in [3.63, 3.8) is 0 Å². The molecule has 8 heteroatoms. The molecule has 1 aliphatic rings. The number of nitrogens with one attached hydrogen (secondary N) is 1. The molecule has 2 amide bonds. The molecule has 0 saturated carbocycles. The van der Waals surface area contributed by atoms with Crippen LogP contribution in [0, 0.1) is 0 Å². The van der Waals surface area contributed by atoms with Crippen molar-refractivity contribution in [2.24, 2.45) is 0 Å². The molecular weight excluding hydrogens is 350 g/mol. The lowest BCUT2D eigenvalue weighted by Gasteiger charge is -2.27. The fourth-order valence-electron chi connectivity index (χ4n) is 3.02. The van der Waals surface area contributed by atoms with E-state index in [0.717, 1.165) is 49.1 Å². The van der Waals surface area contributed by atoms with Gasteiger partial charge in [0.2, 0.25) is 0 Å². The summed E-state index contributed by atoms with van der Waals surface area (Å²) >= 11 is 1.61. The number of ether oxygens (including phenoxy) is 1. The molecule has 1 fully saturated rings. The first kappa shape index (κ1) is 18.6. The van der Waals surface area contributed by atoms with Crippen molar-refractivity contribution in [3.05, 3.63) is 41.2 Å². The molecule has 7 nitrogen and oxygen atoms in total. The van der Waals surface area contributed by atoms with E-state index in [1.807, 2.05) is 30.8 Å². The maximum atomic E-state index is 12.5. The minimum Gasteiger partial charge on any atom is -0.378 e. The highest BCUT2D eigenvalue weighted by Crippen LogP contribution is 2.23. The van der Waals surface area contributed by atoms with Crippen LogP contribution in [-0.2, 0) is 11.3 Å². The number of thiazole rings is 1. The Hall–Kier alpha value is -2.19. The van der Waals surface area contributed by atoms with Gasteiger partial charge in [0.15, 0.2) is 5.13 Å². The number of anilines is 1. The number of morpholine rings is 1. The predicted octanol–water partition coefficient (Wildman–Crippen LogP) is 2.67. The second kappa shape index (κ2) is 8.95. The van der Waals surface area contributed by atoms with Crippen molar-refractivity contribution in [2.45, 2.75) is 25.9 Å². The zero-order chi connectivity index (χ0) is 18.4. The van der Waals surface area contributed by atoms with Crippen LogP contribution in [0.4, 0.5) is 9.93 Å². The quantitative estimate of drug-likeness (QED) is 0.841. The van der Waals surface area contributed by atoms with Gasteiger partial charge in [-0.25, -0.2) is 9.78 Å². The molecule has 0 aliphatic carbocycles. The van der Waals surface area contributed by atoms with Gasteiger partial charge in [-0.3, -0.25) is 4.98 Å². The van der Waals surface area contributed by atoms with Gasteiger partial charge in [0, 0.05) is 37.9 Å². The number of carbonyl (C=O) groups excluding carboxylic acids is 1. The van der Waals surface area contributed by atoms with Gasteiger partial charge in [-0.2, -0.15) is 0 Å². The number of pyridine rings is 1. The van der Waals surface area contributed by atoms with Crippen molar-refractivity contribution in [1.82, 2.24) is 20.2 Å². The summed E-state index contributed by atoms with van der Waals surface area (Å²) in [6.07, 6.45) is 4.38. The highest BCUT2D eigenvalue weighted by molar-refractivity contribution is 7.13. The lowest BCUT2D eigenvalue weighted by molar-refractivity contribution is 0.122. The van der Waals surface area contributed by atoms with Crippen LogP contribution in [0.5, 0.6) is 0 Å². The molecule has 1 N–H and O–H groups in total. The van der Waals surface area contributed by atoms with E-state index in [-0.39, 0.29) is 12.1 Å². The predicted molar refractivity (Wildman–Crippen MR) is 102 cm³/mol. The van der Waals surface area contributed by atoms with Crippen LogP contribution in [0.2, 0.25) is 0 Å². The van der Waals surface area contributed by atoms with Gasteiger partial charge < -0.3 is 19.9 Å². The van der Waals surface area contributed by atoms with Gasteiger partial charge in [-0.15, -0.1) is 11.3 Å². The number of urea groups is 1. The molecule has 2 aromatic rings. The Morgan fingerprint density at radius 2 is 2.27 bits per heavy atom. The van der Waals surface area contributed by atoms with Crippen LogP contribution in [0.1, 0.15) is 30.6 Å². The molecule has 1 atom stereocenters. The van der Waals surface area contributed by atoms with Gasteiger partial charge in [0.25, 0.3) is 0 Å². The van der Waals surface area contributed by atoms with E-state index in [1.165, 1.54) is 0 Å². The molecular formula is C18H25N5O2S. The normalized spacial score (nSPS) is 15.5. The number of rotatable bonds is 6. The van der Waals surface area contributed by atoms with E-state index in [2.05, 4.69) is 27.1 Å². The van der Waals surface area contributed by atoms with Gasteiger partial charge in [0.1, 0.15) is 0 Å². The third-order valence-corrected chi connectivity index (χ3v) is 5.44. The minimum absolute atomic E-state index is 0.00282. The van der Waals surface area contributed by atoms with Crippen LogP contribution in [0.25, 0.3) is 0 Å². The van der Waals surface area contributed by atoms with E-state index < -0.39 is 0 Å². The smallest absolute Gasteiger partial charge is 0.317 e. The number of hydrogen-bond donors (Lipinski definition) is 1. The SMILES string of the molecule is CCC(c1cccnc1)N(C)C(=O)NCc1csc(N2CCOCC2)n1. The molecule has 0 radical (unpaired) electrons. The monoisotopic (exact) mass is 375 g/mol. The molecule has 0 aromatic carbocycles. The first-order chi connectivity index (χ1) is 12.7.